The van der Waals surface area contributed by atoms with Gasteiger partial charge in [-0.1, -0.05) is 60.7 Å². The van der Waals surface area contributed by atoms with Gasteiger partial charge in [-0.2, -0.15) is 0 Å². The monoisotopic (exact) mass is 374 g/mol. The molecule has 0 fully saturated rings. The number of amides is 2. The quantitative estimate of drug-likeness (QED) is 0.631. The minimum absolute atomic E-state index is 0.114. The van der Waals surface area contributed by atoms with E-state index in [-0.39, 0.29) is 18.2 Å². The van der Waals surface area contributed by atoms with E-state index in [1.807, 2.05) is 72.8 Å². The van der Waals surface area contributed by atoms with E-state index in [1.54, 1.807) is 12.1 Å². The van der Waals surface area contributed by atoms with E-state index < -0.39 is 6.04 Å². The van der Waals surface area contributed by atoms with E-state index in [0.29, 0.717) is 17.2 Å². The Bertz CT molecular complexity index is 927. The van der Waals surface area contributed by atoms with Crippen LogP contribution >= 0.6 is 0 Å². The standard InChI is InChI=1S/C23H22N2O3/c1-17(26)24-21(18-10-4-2-5-11-18)16-23(27)25-20-14-8-9-15-22(20)28-19-12-6-3-7-13-19/h2-15,21H,16H2,1H3,(H,24,26)(H,25,27)/t21-/m1/s1. The molecule has 0 saturated carbocycles. The van der Waals surface area contributed by atoms with Crippen LogP contribution in [-0.4, -0.2) is 11.8 Å². The zero-order valence-electron chi connectivity index (χ0n) is 15.6. The van der Waals surface area contributed by atoms with E-state index in [4.69, 9.17) is 4.74 Å². The van der Waals surface area contributed by atoms with Gasteiger partial charge in [-0.25, -0.2) is 0 Å². The molecule has 142 valence electrons. The molecule has 3 rings (SSSR count). The summed E-state index contributed by atoms with van der Waals surface area (Å²) in [5, 5.41) is 5.73. The van der Waals surface area contributed by atoms with Crippen molar-refractivity contribution in [1.29, 1.82) is 0 Å². The largest absolute Gasteiger partial charge is 0.455 e. The van der Waals surface area contributed by atoms with E-state index in [2.05, 4.69) is 10.6 Å². The fourth-order valence-electron chi connectivity index (χ4n) is 2.84. The van der Waals surface area contributed by atoms with Crippen LogP contribution in [0.15, 0.2) is 84.9 Å². The molecule has 0 spiro atoms. The molecule has 28 heavy (non-hydrogen) atoms. The zero-order chi connectivity index (χ0) is 19.8. The molecule has 0 heterocycles. The molecule has 1 atom stereocenters. The van der Waals surface area contributed by atoms with Crippen LogP contribution in [0.4, 0.5) is 5.69 Å². The van der Waals surface area contributed by atoms with Crippen molar-refractivity contribution in [3.63, 3.8) is 0 Å². The van der Waals surface area contributed by atoms with Gasteiger partial charge >= 0.3 is 0 Å². The number of anilines is 1. The lowest BCUT2D eigenvalue weighted by Gasteiger charge is -2.19. The number of ether oxygens (including phenoxy) is 1. The van der Waals surface area contributed by atoms with Crippen molar-refractivity contribution in [3.8, 4) is 11.5 Å². The third-order valence-corrected chi connectivity index (χ3v) is 4.10. The summed E-state index contributed by atoms with van der Waals surface area (Å²) in [6.45, 7) is 1.44. The molecule has 0 aliphatic heterocycles. The molecule has 0 saturated heterocycles. The Labute approximate surface area is 164 Å². The second-order valence-electron chi connectivity index (χ2n) is 6.33. The molecule has 5 heteroatoms. The van der Waals surface area contributed by atoms with Gasteiger partial charge in [-0.3, -0.25) is 9.59 Å². The molecule has 0 radical (unpaired) electrons. The molecule has 3 aromatic carbocycles. The Balaban J connectivity index is 1.72. The minimum Gasteiger partial charge on any atom is -0.455 e. The first kappa shape index (κ1) is 19.2. The van der Waals surface area contributed by atoms with Gasteiger partial charge in [-0.05, 0) is 29.8 Å². The number of carbonyl (C=O) groups is 2. The molecular formula is C23H22N2O3. The van der Waals surface area contributed by atoms with Gasteiger partial charge in [0.1, 0.15) is 5.75 Å². The topological polar surface area (TPSA) is 67.4 Å². The van der Waals surface area contributed by atoms with Crippen LogP contribution < -0.4 is 15.4 Å². The number of para-hydroxylation sites is 3. The van der Waals surface area contributed by atoms with E-state index in [1.165, 1.54) is 6.92 Å². The number of rotatable bonds is 7. The van der Waals surface area contributed by atoms with Crippen molar-refractivity contribution < 1.29 is 14.3 Å². The molecule has 0 aliphatic rings. The number of hydrogen-bond acceptors (Lipinski definition) is 3. The molecule has 5 nitrogen and oxygen atoms in total. The molecule has 2 amide bonds. The fourth-order valence-corrected chi connectivity index (χ4v) is 2.84. The van der Waals surface area contributed by atoms with E-state index in [9.17, 15) is 9.59 Å². The first-order valence-electron chi connectivity index (χ1n) is 9.05. The Morgan fingerprint density at radius 2 is 1.46 bits per heavy atom. The summed E-state index contributed by atoms with van der Waals surface area (Å²) in [6.07, 6.45) is 0.114. The molecule has 2 N–H and O–H groups in total. The molecule has 3 aromatic rings. The average molecular weight is 374 g/mol. The lowest BCUT2D eigenvalue weighted by atomic mass is 10.0. The van der Waals surface area contributed by atoms with Crippen LogP contribution in [0, 0.1) is 0 Å². The SMILES string of the molecule is CC(=O)N[C@H](CC(=O)Nc1ccccc1Oc1ccccc1)c1ccccc1. The third kappa shape index (κ3) is 5.45. The second-order valence-corrected chi connectivity index (χ2v) is 6.33. The molecule has 0 unspecified atom stereocenters. The second kappa shape index (κ2) is 9.37. The number of hydrogen-bond donors (Lipinski definition) is 2. The molecule has 0 aromatic heterocycles. The maximum absolute atomic E-state index is 12.7. The highest BCUT2D eigenvalue weighted by molar-refractivity contribution is 5.93. The van der Waals surface area contributed by atoms with Crippen LogP contribution in [0.5, 0.6) is 11.5 Å². The maximum atomic E-state index is 12.7. The average Bonchev–Trinajstić information content (AvgIpc) is 2.70. The first-order valence-corrected chi connectivity index (χ1v) is 9.05. The molecular weight excluding hydrogens is 352 g/mol. The Morgan fingerprint density at radius 1 is 0.857 bits per heavy atom. The normalized spacial score (nSPS) is 11.3. The Kier molecular flexibility index (Phi) is 6.41. The van der Waals surface area contributed by atoms with E-state index >= 15 is 0 Å². The van der Waals surface area contributed by atoms with Crippen molar-refractivity contribution in [1.82, 2.24) is 5.32 Å². The number of benzene rings is 3. The highest BCUT2D eigenvalue weighted by atomic mass is 16.5. The number of carbonyl (C=O) groups excluding carboxylic acids is 2. The lowest BCUT2D eigenvalue weighted by molar-refractivity contribution is -0.120. The highest BCUT2D eigenvalue weighted by Gasteiger charge is 2.18. The van der Waals surface area contributed by atoms with Crippen LogP contribution in [0.2, 0.25) is 0 Å². The van der Waals surface area contributed by atoms with Gasteiger partial charge in [0.05, 0.1) is 18.2 Å². The van der Waals surface area contributed by atoms with Gasteiger partial charge in [0.25, 0.3) is 0 Å². The van der Waals surface area contributed by atoms with Crippen molar-refractivity contribution in [2.45, 2.75) is 19.4 Å². The Hall–Kier alpha value is -3.60. The third-order valence-electron chi connectivity index (χ3n) is 4.10. The van der Waals surface area contributed by atoms with E-state index in [0.717, 1.165) is 5.56 Å². The summed E-state index contributed by atoms with van der Waals surface area (Å²) in [4.78, 5) is 24.2. The fraction of sp³-hybridized carbons (Fsp3) is 0.130. The summed E-state index contributed by atoms with van der Waals surface area (Å²) in [6, 6.07) is 25.7. The number of nitrogens with one attached hydrogen (secondary N) is 2. The van der Waals surface area contributed by atoms with Crippen molar-refractivity contribution in [3.05, 3.63) is 90.5 Å². The highest BCUT2D eigenvalue weighted by Crippen LogP contribution is 2.29. The summed E-state index contributed by atoms with van der Waals surface area (Å²) >= 11 is 0. The van der Waals surface area contributed by atoms with Gasteiger partial charge in [0, 0.05) is 6.92 Å². The van der Waals surface area contributed by atoms with Crippen LogP contribution in [0.1, 0.15) is 24.9 Å². The molecule has 0 aliphatic carbocycles. The summed E-state index contributed by atoms with van der Waals surface area (Å²) in [5.41, 5.74) is 1.45. The first-order chi connectivity index (χ1) is 13.6. The lowest BCUT2D eigenvalue weighted by Crippen LogP contribution is -2.29. The van der Waals surface area contributed by atoms with Gasteiger partial charge in [-0.15, -0.1) is 0 Å². The summed E-state index contributed by atoms with van der Waals surface area (Å²) in [5.74, 6) is 0.837. The predicted molar refractivity (Wildman–Crippen MR) is 109 cm³/mol. The van der Waals surface area contributed by atoms with Crippen LogP contribution in [0.25, 0.3) is 0 Å². The zero-order valence-corrected chi connectivity index (χ0v) is 15.6. The summed E-state index contributed by atoms with van der Waals surface area (Å²) in [7, 11) is 0. The minimum atomic E-state index is -0.402. The summed E-state index contributed by atoms with van der Waals surface area (Å²) < 4.78 is 5.88. The van der Waals surface area contributed by atoms with Crippen molar-refractivity contribution in [2.24, 2.45) is 0 Å². The van der Waals surface area contributed by atoms with Crippen LogP contribution in [0.3, 0.4) is 0 Å². The van der Waals surface area contributed by atoms with Gasteiger partial charge < -0.3 is 15.4 Å². The van der Waals surface area contributed by atoms with Crippen molar-refractivity contribution in [2.75, 3.05) is 5.32 Å². The van der Waals surface area contributed by atoms with Crippen LogP contribution in [-0.2, 0) is 9.59 Å². The predicted octanol–water partition coefficient (Wildman–Crippen LogP) is 4.68. The van der Waals surface area contributed by atoms with Gasteiger partial charge in [0.15, 0.2) is 5.75 Å². The molecule has 0 bridgehead atoms. The van der Waals surface area contributed by atoms with Crippen molar-refractivity contribution >= 4 is 17.5 Å². The van der Waals surface area contributed by atoms with Gasteiger partial charge in [0.2, 0.25) is 11.8 Å². The Morgan fingerprint density at radius 3 is 2.14 bits per heavy atom. The smallest absolute Gasteiger partial charge is 0.226 e. The maximum Gasteiger partial charge on any atom is 0.226 e.